The van der Waals surface area contributed by atoms with Crippen LogP contribution in [0.4, 0.5) is 4.39 Å². The van der Waals surface area contributed by atoms with Gasteiger partial charge in [-0.1, -0.05) is 30.7 Å². The summed E-state index contributed by atoms with van der Waals surface area (Å²) in [5.41, 5.74) is 0.767. The maximum Gasteiger partial charge on any atom is 0.144 e. The third-order valence-electron chi connectivity index (χ3n) is 3.76. The van der Waals surface area contributed by atoms with Crippen molar-refractivity contribution >= 4 is 11.6 Å². The van der Waals surface area contributed by atoms with Crippen LogP contribution in [0.2, 0.25) is 5.02 Å². The number of halogens is 2. The van der Waals surface area contributed by atoms with Crippen LogP contribution in [-0.4, -0.2) is 12.6 Å². The van der Waals surface area contributed by atoms with Gasteiger partial charge in [-0.2, -0.15) is 0 Å². The minimum Gasteiger partial charge on any atom is -0.314 e. The summed E-state index contributed by atoms with van der Waals surface area (Å²) < 4.78 is 13.8. The minimum absolute atomic E-state index is 0.232. The molecule has 100 valence electrons. The highest BCUT2D eigenvalue weighted by Crippen LogP contribution is 2.30. The van der Waals surface area contributed by atoms with E-state index < -0.39 is 0 Å². The zero-order valence-corrected chi connectivity index (χ0v) is 11.6. The van der Waals surface area contributed by atoms with Crippen molar-refractivity contribution in [3.8, 4) is 0 Å². The van der Waals surface area contributed by atoms with E-state index in [1.54, 1.807) is 6.07 Å². The van der Waals surface area contributed by atoms with Crippen molar-refractivity contribution in [1.82, 2.24) is 5.32 Å². The van der Waals surface area contributed by atoms with Crippen LogP contribution in [-0.2, 0) is 6.42 Å². The van der Waals surface area contributed by atoms with Crippen molar-refractivity contribution in [3.63, 3.8) is 0 Å². The van der Waals surface area contributed by atoms with Gasteiger partial charge in [-0.25, -0.2) is 4.39 Å². The monoisotopic (exact) mass is 269 g/mol. The van der Waals surface area contributed by atoms with Gasteiger partial charge in [0.2, 0.25) is 0 Å². The summed E-state index contributed by atoms with van der Waals surface area (Å²) in [5, 5.41) is 3.80. The first-order valence-corrected chi connectivity index (χ1v) is 7.24. The zero-order valence-electron chi connectivity index (χ0n) is 10.9. The Bertz CT molecular complexity index is 394. The Morgan fingerprint density at radius 3 is 3.00 bits per heavy atom. The molecule has 1 aliphatic rings. The Morgan fingerprint density at radius 1 is 1.39 bits per heavy atom. The molecule has 0 aromatic heterocycles. The van der Waals surface area contributed by atoms with Crippen LogP contribution in [0.3, 0.4) is 0 Å². The smallest absolute Gasteiger partial charge is 0.144 e. The molecule has 1 aliphatic carbocycles. The molecule has 2 atom stereocenters. The van der Waals surface area contributed by atoms with Gasteiger partial charge < -0.3 is 5.32 Å². The summed E-state index contributed by atoms with van der Waals surface area (Å²) in [4.78, 5) is 0. The molecule has 2 unspecified atom stereocenters. The molecular formula is C15H21ClFN. The van der Waals surface area contributed by atoms with Crippen LogP contribution in [0.1, 0.15) is 38.2 Å². The molecule has 2 rings (SSSR count). The van der Waals surface area contributed by atoms with Crippen LogP contribution in [0, 0.1) is 11.7 Å². The topological polar surface area (TPSA) is 12.0 Å². The maximum atomic E-state index is 13.8. The molecule has 0 saturated heterocycles. The quantitative estimate of drug-likeness (QED) is 0.845. The van der Waals surface area contributed by atoms with Gasteiger partial charge in [0.05, 0.1) is 5.02 Å². The average Bonchev–Trinajstić information content (AvgIpc) is 2.80. The maximum absolute atomic E-state index is 13.8. The first-order valence-electron chi connectivity index (χ1n) is 6.87. The molecule has 1 aromatic carbocycles. The Balaban J connectivity index is 1.89. The van der Waals surface area contributed by atoms with Crippen molar-refractivity contribution < 1.29 is 4.39 Å². The predicted molar refractivity (Wildman–Crippen MR) is 74.5 cm³/mol. The molecule has 1 nitrogen and oxygen atoms in total. The summed E-state index contributed by atoms with van der Waals surface area (Å²) in [7, 11) is 0. The van der Waals surface area contributed by atoms with E-state index in [0.29, 0.717) is 12.0 Å². The predicted octanol–water partition coefficient (Wildman–Crippen LogP) is 4.19. The van der Waals surface area contributed by atoms with Gasteiger partial charge in [0, 0.05) is 6.04 Å². The number of rotatable bonds is 5. The van der Waals surface area contributed by atoms with Crippen molar-refractivity contribution in [3.05, 3.63) is 34.6 Å². The normalized spacial score (nSPS) is 23.5. The van der Waals surface area contributed by atoms with Gasteiger partial charge in [0.1, 0.15) is 5.82 Å². The molecule has 0 bridgehead atoms. The van der Waals surface area contributed by atoms with Crippen molar-refractivity contribution in [2.45, 2.75) is 45.1 Å². The standard InChI is InChI=1S/C15H21ClFN/c1-2-8-18-13-7-6-11(10-13)9-12-4-3-5-14(16)15(12)17/h3-5,11,13,18H,2,6-10H2,1H3. The van der Waals surface area contributed by atoms with E-state index in [1.807, 2.05) is 12.1 Å². The fourth-order valence-corrected chi connectivity index (χ4v) is 3.01. The van der Waals surface area contributed by atoms with Crippen molar-refractivity contribution in [2.75, 3.05) is 6.54 Å². The highest BCUT2D eigenvalue weighted by molar-refractivity contribution is 6.30. The number of hydrogen-bond donors (Lipinski definition) is 1. The van der Waals surface area contributed by atoms with Crippen molar-refractivity contribution in [1.29, 1.82) is 0 Å². The molecule has 0 aliphatic heterocycles. The molecule has 1 fully saturated rings. The van der Waals surface area contributed by atoms with E-state index in [9.17, 15) is 4.39 Å². The SMILES string of the molecule is CCCNC1CCC(Cc2cccc(Cl)c2F)C1. The van der Waals surface area contributed by atoms with Crippen LogP contribution >= 0.6 is 11.6 Å². The van der Waals surface area contributed by atoms with Gasteiger partial charge in [-0.05, 0) is 56.2 Å². The Morgan fingerprint density at radius 2 is 2.22 bits per heavy atom. The zero-order chi connectivity index (χ0) is 13.0. The summed E-state index contributed by atoms with van der Waals surface area (Å²) in [5.74, 6) is 0.358. The van der Waals surface area contributed by atoms with Gasteiger partial charge in [0.25, 0.3) is 0 Å². The Hall–Kier alpha value is -0.600. The van der Waals surface area contributed by atoms with E-state index in [2.05, 4.69) is 12.2 Å². The fraction of sp³-hybridized carbons (Fsp3) is 0.600. The minimum atomic E-state index is -0.232. The van der Waals surface area contributed by atoms with E-state index in [-0.39, 0.29) is 10.8 Å². The van der Waals surface area contributed by atoms with Crippen molar-refractivity contribution in [2.24, 2.45) is 5.92 Å². The van der Waals surface area contributed by atoms with Crippen LogP contribution in [0.5, 0.6) is 0 Å². The second-order valence-corrected chi connectivity index (χ2v) is 5.65. The second-order valence-electron chi connectivity index (χ2n) is 5.25. The van der Waals surface area contributed by atoms with Gasteiger partial charge in [-0.15, -0.1) is 0 Å². The molecule has 18 heavy (non-hydrogen) atoms. The summed E-state index contributed by atoms with van der Waals surface area (Å²) in [6, 6.07) is 5.93. The number of nitrogens with one attached hydrogen (secondary N) is 1. The molecule has 1 N–H and O–H groups in total. The van der Waals surface area contributed by atoms with Gasteiger partial charge >= 0.3 is 0 Å². The molecule has 3 heteroatoms. The lowest BCUT2D eigenvalue weighted by atomic mass is 9.97. The molecule has 0 amide bonds. The van der Waals surface area contributed by atoms with Crippen LogP contribution < -0.4 is 5.32 Å². The van der Waals surface area contributed by atoms with E-state index in [1.165, 1.54) is 19.3 Å². The fourth-order valence-electron chi connectivity index (χ4n) is 2.81. The van der Waals surface area contributed by atoms with Gasteiger partial charge in [-0.3, -0.25) is 0 Å². The third-order valence-corrected chi connectivity index (χ3v) is 4.06. The molecular weight excluding hydrogens is 249 g/mol. The first kappa shape index (κ1) is 13.8. The molecule has 0 heterocycles. The largest absolute Gasteiger partial charge is 0.314 e. The highest BCUT2D eigenvalue weighted by atomic mass is 35.5. The number of hydrogen-bond acceptors (Lipinski definition) is 1. The molecule has 1 aromatic rings. The first-order chi connectivity index (χ1) is 8.70. The molecule has 0 spiro atoms. The van der Waals surface area contributed by atoms with Crippen LogP contribution in [0.15, 0.2) is 18.2 Å². The average molecular weight is 270 g/mol. The Kier molecular flexibility index (Phi) is 5.02. The van der Waals surface area contributed by atoms with Gasteiger partial charge in [0.15, 0.2) is 0 Å². The summed E-state index contributed by atoms with van der Waals surface area (Å²) >= 11 is 5.81. The molecule has 0 radical (unpaired) electrons. The lowest BCUT2D eigenvalue weighted by Crippen LogP contribution is -2.27. The number of benzene rings is 1. The van der Waals surface area contributed by atoms with E-state index in [0.717, 1.165) is 24.9 Å². The van der Waals surface area contributed by atoms with E-state index in [4.69, 9.17) is 11.6 Å². The van der Waals surface area contributed by atoms with Crippen LogP contribution in [0.25, 0.3) is 0 Å². The third kappa shape index (κ3) is 3.46. The lowest BCUT2D eigenvalue weighted by molar-refractivity contribution is 0.477. The second kappa shape index (κ2) is 6.53. The molecule has 1 saturated carbocycles. The summed E-state index contributed by atoms with van der Waals surface area (Å²) in [6.07, 6.45) is 5.55. The lowest BCUT2D eigenvalue weighted by Gasteiger charge is -2.13. The highest BCUT2D eigenvalue weighted by Gasteiger charge is 2.25. The van der Waals surface area contributed by atoms with E-state index >= 15 is 0 Å². The Labute approximate surface area is 114 Å². The summed E-state index contributed by atoms with van der Waals surface area (Å²) in [6.45, 7) is 3.27.